The molecule has 0 spiro atoms. The van der Waals surface area contributed by atoms with Gasteiger partial charge in [-0.25, -0.2) is 0 Å². The molecular weight excluding hydrogens is 224 g/mol. The van der Waals surface area contributed by atoms with Gasteiger partial charge in [0.15, 0.2) is 0 Å². The molecule has 2 heterocycles. The summed E-state index contributed by atoms with van der Waals surface area (Å²) in [5.74, 6) is 0.756. The van der Waals surface area contributed by atoms with Crippen LogP contribution in [0.2, 0.25) is 0 Å². The molecule has 0 radical (unpaired) electrons. The van der Waals surface area contributed by atoms with Crippen LogP contribution >= 0.6 is 0 Å². The third-order valence-electron chi connectivity index (χ3n) is 4.56. The maximum absolute atomic E-state index is 5.52. The number of ether oxygens (including phenoxy) is 1. The smallest absolute Gasteiger partial charge is 0.0507 e. The zero-order valence-electron chi connectivity index (χ0n) is 12.5. The summed E-state index contributed by atoms with van der Waals surface area (Å²) in [5.41, 5.74) is 0.342. The Kier molecular flexibility index (Phi) is 4.68. The quantitative estimate of drug-likeness (QED) is 0.817. The van der Waals surface area contributed by atoms with Crippen LogP contribution in [-0.2, 0) is 4.74 Å². The van der Waals surface area contributed by atoms with Crippen LogP contribution in [0.15, 0.2) is 0 Å². The molecule has 106 valence electrons. The topological polar surface area (TPSA) is 24.5 Å². The van der Waals surface area contributed by atoms with Gasteiger partial charge in [-0.05, 0) is 37.6 Å². The maximum Gasteiger partial charge on any atom is 0.0507 e. The van der Waals surface area contributed by atoms with Gasteiger partial charge in [-0.3, -0.25) is 4.90 Å². The lowest BCUT2D eigenvalue weighted by atomic mass is 9.86. The SMILES string of the molecule is CC1CCNC(C(C)(C)C)CN1CC1CCOC1. The van der Waals surface area contributed by atoms with Crippen LogP contribution in [0.3, 0.4) is 0 Å². The second-order valence-electron chi connectivity index (χ2n) is 7.19. The van der Waals surface area contributed by atoms with Crippen molar-refractivity contribution < 1.29 is 4.74 Å². The van der Waals surface area contributed by atoms with Crippen molar-refractivity contribution in [3.8, 4) is 0 Å². The summed E-state index contributed by atoms with van der Waals surface area (Å²) in [6.07, 6.45) is 2.51. The van der Waals surface area contributed by atoms with Crippen molar-refractivity contribution in [2.75, 3.05) is 32.8 Å². The van der Waals surface area contributed by atoms with Gasteiger partial charge in [-0.1, -0.05) is 20.8 Å². The minimum absolute atomic E-state index is 0.342. The van der Waals surface area contributed by atoms with E-state index in [9.17, 15) is 0 Å². The van der Waals surface area contributed by atoms with Crippen molar-refractivity contribution in [3.63, 3.8) is 0 Å². The van der Waals surface area contributed by atoms with Gasteiger partial charge in [-0.2, -0.15) is 0 Å². The van der Waals surface area contributed by atoms with E-state index in [0.717, 1.165) is 25.7 Å². The molecule has 2 aliphatic heterocycles. The summed E-state index contributed by atoms with van der Waals surface area (Å²) in [4.78, 5) is 2.69. The number of nitrogens with one attached hydrogen (secondary N) is 1. The molecule has 0 aromatic rings. The molecule has 0 saturated carbocycles. The van der Waals surface area contributed by atoms with E-state index >= 15 is 0 Å². The molecule has 1 N–H and O–H groups in total. The van der Waals surface area contributed by atoms with E-state index in [1.54, 1.807) is 0 Å². The monoisotopic (exact) mass is 254 g/mol. The van der Waals surface area contributed by atoms with Crippen LogP contribution in [0.4, 0.5) is 0 Å². The molecule has 2 rings (SSSR count). The molecule has 0 aromatic carbocycles. The lowest BCUT2D eigenvalue weighted by Crippen LogP contribution is -2.48. The second-order valence-corrected chi connectivity index (χ2v) is 7.19. The lowest BCUT2D eigenvalue weighted by molar-refractivity contribution is 0.129. The molecule has 3 heteroatoms. The summed E-state index contributed by atoms with van der Waals surface area (Å²) >= 11 is 0. The molecule has 18 heavy (non-hydrogen) atoms. The second kappa shape index (κ2) is 5.89. The summed E-state index contributed by atoms with van der Waals surface area (Å²) in [6, 6.07) is 1.30. The third-order valence-corrected chi connectivity index (χ3v) is 4.56. The Bertz CT molecular complexity index is 256. The van der Waals surface area contributed by atoms with Crippen molar-refractivity contribution >= 4 is 0 Å². The van der Waals surface area contributed by atoms with Gasteiger partial charge in [0.1, 0.15) is 0 Å². The number of hydrogen-bond acceptors (Lipinski definition) is 3. The average Bonchev–Trinajstić information content (AvgIpc) is 2.70. The number of nitrogens with zero attached hydrogens (tertiary/aromatic N) is 1. The summed E-state index contributed by atoms with van der Waals surface area (Å²) in [7, 11) is 0. The summed E-state index contributed by atoms with van der Waals surface area (Å²) in [6.45, 7) is 14.9. The molecule has 2 saturated heterocycles. The maximum atomic E-state index is 5.52. The van der Waals surface area contributed by atoms with Gasteiger partial charge in [0.25, 0.3) is 0 Å². The first-order valence-electron chi connectivity index (χ1n) is 7.52. The molecule has 0 aliphatic carbocycles. The Morgan fingerprint density at radius 2 is 2.06 bits per heavy atom. The number of rotatable bonds is 2. The van der Waals surface area contributed by atoms with E-state index in [1.165, 1.54) is 25.9 Å². The fraction of sp³-hybridized carbons (Fsp3) is 1.00. The zero-order valence-corrected chi connectivity index (χ0v) is 12.5. The first-order chi connectivity index (χ1) is 8.47. The third kappa shape index (κ3) is 3.69. The average molecular weight is 254 g/mol. The van der Waals surface area contributed by atoms with Crippen molar-refractivity contribution in [1.82, 2.24) is 10.2 Å². The molecular formula is C15H30N2O. The zero-order chi connectivity index (χ0) is 13.2. The Balaban J connectivity index is 1.96. The van der Waals surface area contributed by atoms with Gasteiger partial charge in [0.05, 0.1) is 6.61 Å². The Labute approximate surface area is 112 Å². The Hall–Kier alpha value is -0.120. The molecule has 2 fully saturated rings. The van der Waals surface area contributed by atoms with E-state index in [2.05, 4.69) is 37.9 Å². The van der Waals surface area contributed by atoms with E-state index in [-0.39, 0.29) is 0 Å². The van der Waals surface area contributed by atoms with Gasteiger partial charge in [-0.15, -0.1) is 0 Å². The van der Waals surface area contributed by atoms with Gasteiger partial charge >= 0.3 is 0 Å². The van der Waals surface area contributed by atoms with Crippen molar-refractivity contribution in [2.45, 2.75) is 52.6 Å². The summed E-state index contributed by atoms with van der Waals surface area (Å²) < 4.78 is 5.52. The lowest BCUT2D eigenvalue weighted by Gasteiger charge is -2.36. The normalized spacial score (nSPS) is 35.7. The van der Waals surface area contributed by atoms with Crippen molar-refractivity contribution in [1.29, 1.82) is 0 Å². The fourth-order valence-electron chi connectivity index (χ4n) is 3.02. The minimum Gasteiger partial charge on any atom is -0.381 e. The molecule has 0 amide bonds. The van der Waals surface area contributed by atoms with Crippen LogP contribution in [-0.4, -0.2) is 49.8 Å². The molecule has 0 aromatic heterocycles. The van der Waals surface area contributed by atoms with Crippen molar-refractivity contribution in [3.05, 3.63) is 0 Å². The highest BCUT2D eigenvalue weighted by Crippen LogP contribution is 2.25. The number of hydrogen-bond donors (Lipinski definition) is 1. The standard InChI is InChI=1S/C15H30N2O/c1-12-5-7-16-14(15(2,3)4)10-17(12)9-13-6-8-18-11-13/h12-14,16H,5-11H2,1-4H3. The first kappa shape index (κ1) is 14.3. The van der Waals surface area contributed by atoms with E-state index in [0.29, 0.717) is 17.5 Å². The predicted octanol–water partition coefficient (Wildman–Crippen LogP) is 2.12. The van der Waals surface area contributed by atoms with E-state index < -0.39 is 0 Å². The first-order valence-corrected chi connectivity index (χ1v) is 7.52. The summed E-state index contributed by atoms with van der Waals surface area (Å²) in [5, 5.41) is 3.73. The van der Waals surface area contributed by atoms with E-state index in [4.69, 9.17) is 4.74 Å². The van der Waals surface area contributed by atoms with Gasteiger partial charge in [0, 0.05) is 31.8 Å². The highest BCUT2D eigenvalue weighted by Gasteiger charge is 2.32. The van der Waals surface area contributed by atoms with Crippen LogP contribution in [0.5, 0.6) is 0 Å². The minimum atomic E-state index is 0.342. The largest absolute Gasteiger partial charge is 0.381 e. The molecule has 0 bridgehead atoms. The van der Waals surface area contributed by atoms with Gasteiger partial charge in [0.2, 0.25) is 0 Å². The predicted molar refractivity (Wildman–Crippen MR) is 75.8 cm³/mol. The van der Waals surface area contributed by atoms with Crippen LogP contribution < -0.4 is 5.32 Å². The molecule has 3 atom stereocenters. The molecule has 3 nitrogen and oxygen atoms in total. The molecule has 3 unspecified atom stereocenters. The molecule has 2 aliphatic rings. The van der Waals surface area contributed by atoms with Crippen LogP contribution in [0.1, 0.15) is 40.5 Å². The Morgan fingerprint density at radius 3 is 2.67 bits per heavy atom. The highest BCUT2D eigenvalue weighted by atomic mass is 16.5. The van der Waals surface area contributed by atoms with Crippen LogP contribution in [0, 0.1) is 11.3 Å². The van der Waals surface area contributed by atoms with Crippen LogP contribution in [0.25, 0.3) is 0 Å². The van der Waals surface area contributed by atoms with E-state index in [1.807, 2.05) is 0 Å². The highest BCUT2D eigenvalue weighted by molar-refractivity contribution is 4.89. The Morgan fingerprint density at radius 1 is 1.28 bits per heavy atom. The van der Waals surface area contributed by atoms with Gasteiger partial charge < -0.3 is 10.1 Å². The fourth-order valence-corrected chi connectivity index (χ4v) is 3.02. The van der Waals surface area contributed by atoms with Crippen molar-refractivity contribution in [2.24, 2.45) is 11.3 Å².